The van der Waals surface area contributed by atoms with Crippen LogP contribution in [0.25, 0.3) is 0 Å². The fourth-order valence-electron chi connectivity index (χ4n) is 1.49. The zero-order valence-corrected chi connectivity index (χ0v) is 11.1. The van der Waals surface area contributed by atoms with Crippen molar-refractivity contribution in [3.05, 3.63) is 17.2 Å². The Balaban J connectivity index is 2.36. The highest BCUT2D eigenvalue weighted by Crippen LogP contribution is 2.37. The molecule has 1 aliphatic heterocycles. The second kappa shape index (κ2) is 5.24. The fraction of sp³-hybridized carbons (Fsp3) is 0.300. The Morgan fingerprint density at radius 2 is 1.89 bits per heavy atom. The molecule has 0 radical (unpaired) electrons. The van der Waals surface area contributed by atoms with Crippen LogP contribution in [0.2, 0.25) is 5.02 Å². The number of hydrogen-bond donors (Lipinski definition) is 2. The Kier molecular flexibility index (Phi) is 3.83. The number of halogens is 1. The first kappa shape index (κ1) is 13.9. The number of sulfonamides is 1. The van der Waals surface area contributed by atoms with Gasteiger partial charge < -0.3 is 14.6 Å². The molecule has 0 amide bonds. The predicted molar refractivity (Wildman–Crippen MR) is 65.3 cm³/mol. The normalized spacial score (nSPS) is 14.2. The summed E-state index contributed by atoms with van der Waals surface area (Å²) in [4.78, 5) is 10.1. The van der Waals surface area contributed by atoms with E-state index in [1.807, 2.05) is 4.72 Å². The largest absolute Gasteiger partial charge is 0.486 e. The molecule has 1 aliphatic rings. The lowest BCUT2D eigenvalue weighted by atomic mass is 10.3. The van der Waals surface area contributed by atoms with Crippen LogP contribution < -0.4 is 14.2 Å². The summed E-state index contributed by atoms with van der Waals surface area (Å²) in [5.74, 6) is -0.683. The second-order valence-corrected chi connectivity index (χ2v) is 5.79. The first-order chi connectivity index (χ1) is 8.90. The molecule has 0 unspecified atom stereocenters. The number of benzene rings is 1. The van der Waals surface area contributed by atoms with Crippen LogP contribution in [0.4, 0.5) is 0 Å². The lowest BCUT2D eigenvalue weighted by Gasteiger charge is -2.19. The molecule has 0 fully saturated rings. The standard InChI is InChI=1S/C10H10ClNO6S/c11-6-3-7-8(18-2-1-17-7)4-9(6)19(15,16)12-5-10(13)14/h3-4,12H,1-2,5H2,(H,13,14). The quantitative estimate of drug-likeness (QED) is 0.838. The van der Waals surface area contributed by atoms with Gasteiger partial charge in [0.2, 0.25) is 10.0 Å². The van der Waals surface area contributed by atoms with Crippen molar-refractivity contribution in [2.24, 2.45) is 0 Å². The van der Waals surface area contributed by atoms with Gasteiger partial charge in [0.1, 0.15) is 24.7 Å². The van der Waals surface area contributed by atoms with E-state index >= 15 is 0 Å². The number of rotatable bonds is 4. The van der Waals surface area contributed by atoms with Gasteiger partial charge >= 0.3 is 5.97 Å². The number of carboxylic acid groups (broad SMARTS) is 1. The molecule has 0 aromatic heterocycles. The second-order valence-electron chi connectivity index (χ2n) is 3.64. The molecular weight excluding hydrogens is 298 g/mol. The maximum absolute atomic E-state index is 11.9. The molecule has 7 nitrogen and oxygen atoms in total. The molecule has 1 aromatic carbocycles. The first-order valence-electron chi connectivity index (χ1n) is 5.21. The maximum Gasteiger partial charge on any atom is 0.318 e. The first-order valence-corrected chi connectivity index (χ1v) is 7.07. The zero-order valence-electron chi connectivity index (χ0n) is 9.55. The van der Waals surface area contributed by atoms with E-state index in [0.29, 0.717) is 19.0 Å². The molecule has 0 saturated carbocycles. The van der Waals surface area contributed by atoms with Gasteiger partial charge in [0, 0.05) is 12.1 Å². The molecule has 2 rings (SSSR count). The number of carboxylic acids is 1. The van der Waals surface area contributed by atoms with Gasteiger partial charge in [0.15, 0.2) is 11.5 Å². The highest BCUT2D eigenvalue weighted by Gasteiger charge is 2.23. The van der Waals surface area contributed by atoms with Crippen LogP contribution in [0.15, 0.2) is 17.0 Å². The Labute approximate surface area is 114 Å². The van der Waals surface area contributed by atoms with E-state index in [1.165, 1.54) is 12.1 Å². The molecule has 1 heterocycles. The third-order valence-electron chi connectivity index (χ3n) is 2.30. The summed E-state index contributed by atoms with van der Waals surface area (Å²) in [6, 6.07) is 2.53. The number of aliphatic carboxylic acids is 1. The Hall–Kier alpha value is -1.51. The third kappa shape index (κ3) is 3.09. The summed E-state index contributed by atoms with van der Waals surface area (Å²) in [6.45, 7) is -0.0729. The molecule has 9 heteroatoms. The van der Waals surface area contributed by atoms with Crippen molar-refractivity contribution < 1.29 is 27.8 Å². The van der Waals surface area contributed by atoms with Crippen molar-refractivity contribution in [3.63, 3.8) is 0 Å². The van der Waals surface area contributed by atoms with Gasteiger partial charge in [-0.25, -0.2) is 8.42 Å². The third-order valence-corrected chi connectivity index (χ3v) is 4.17. The topological polar surface area (TPSA) is 102 Å². The van der Waals surface area contributed by atoms with E-state index in [2.05, 4.69) is 0 Å². The van der Waals surface area contributed by atoms with E-state index in [1.54, 1.807) is 0 Å². The summed E-state index contributed by atoms with van der Waals surface area (Å²) >= 11 is 5.86. The minimum atomic E-state index is -4.02. The molecule has 19 heavy (non-hydrogen) atoms. The smallest absolute Gasteiger partial charge is 0.318 e. The number of ether oxygens (including phenoxy) is 2. The van der Waals surface area contributed by atoms with Crippen molar-refractivity contribution in [3.8, 4) is 11.5 Å². The number of nitrogens with one attached hydrogen (secondary N) is 1. The van der Waals surface area contributed by atoms with E-state index in [9.17, 15) is 13.2 Å². The minimum Gasteiger partial charge on any atom is -0.486 e. The SMILES string of the molecule is O=C(O)CNS(=O)(=O)c1cc2c(cc1Cl)OCCO2. The van der Waals surface area contributed by atoms with Crippen molar-refractivity contribution >= 4 is 27.6 Å². The number of carbonyl (C=O) groups is 1. The fourth-order valence-corrected chi connectivity index (χ4v) is 2.99. The molecule has 0 bridgehead atoms. The monoisotopic (exact) mass is 307 g/mol. The van der Waals surface area contributed by atoms with Crippen molar-refractivity contribution in [1.82, 2.24) is 4.72 Å². The molecule has 104 valence electrons. The van der Waals surface area contributed by atoms with Crippen LogP contribution in [-0.4, -0.2) is 39.3 Å². The van der Waals surface area contributed by atoms with Gasteiger partial charge in [-0.3, -0.25) is 4.79 Å². The Morgan fingerprint density at radius 3 is 2.47 bits per heavy atom. The molecule has 0 atom stereocenters. The lowest BCUT2D eigenvalue weighted by molar-refractivity contribution is -0.135. The van der Waals surface area contributed by atoms with Crippen molar-refractivity contribution in [2.45, 2.75) is 4.90 Å². The highest BCUT2D eigenvalue weighted by atomic mass is 35.5. The molecule has 1 aromatic rings. The highest BCUT2D eigenvalue weighted by molar-refractivity contribution is 7.89. The molecule has 0 spiro atoms. The van der Waals surface area contributed by atoms with Gasteiger partial charge in [0.25, 0.3) is 0 Å². The van der Waals surface area contributed by atoms with Crippen molar-refractivity contribution in [1.29, 1.82) is 0 Å². The Morgan fingerprint density at radius 1 is 1.32 bits per heavy atom. The summed E-state index contributed by atoms with van der Waals surface area (Å²) in [7, 11) is -4.02. The molecular formula is C10H10ClNO6S. The minimum absolute atomic E-state index is 0.0675. The number of fused-ring (bicyclic) bond motifs is 1. The van der Waals surface area contributed by atoms with Crippen LogP contribution in [0, 0.1) is 0 Å². The van der Waals surface area contributed by atoms with Crippen molar-refractivity contribution in [2.75, 3.05) is 19.8 Å². The van der Waals surface area contributed by atoms with Crippen LogP contribution in [0.5, 0.6) is 11.5 Å². The predicted octanol–water partition coefficient (Wildman–Crippen LogP) is 0.474. The maximum atomic E-state index is 11.9. The van der Waals surface area contributed by atoms with Gasteiger partial charge in [-0.15, -0.1) is 0 Å². The Bertz CT molecular complexity index is 615. The summed E-state index contributed by atoms with van der Waals surface area (Å²) < 4.78 is 36.2. The van der Waals surface area contributed by atoms with Gasteiger partial charge in [0.05, 0.1) is 5.02 Å². The average molecular weight is 308 g/mol. The summed E-state index contributed by atoms with van der Waals surface area (Å²) in [6.07, 6.45) is 0. The van der Waals surface area contributed by atoms with E-state index in [0.717, 1.165) is 0 Å². The molecule has 0 saturated heterocycles. The lowest BCUT2D eigenvalue weighted by Crippen LogP contribution is -2.29. The van der Waals surface area contributed by atoms with Gasteiger partial charge in [-0.2, -0.15) is 4.72 Å². The van der Waals surface area contributed by atoms with Crippen LogP contribution in [0.1, 0.15) is 0 Å². The van der Waals surface area contributed by atoms with Crippen LogP contribution in [-0.2, 0) is 14.8 Å². The molecule has 2 N–H and O–H groups in total. The van der Waals surface area contributed by atoms with Gasteiger partial charge in [-0.05, 0) is 0 Å². The summed E-state index contributed by atoms with van der Waals surface area (Å²) in [5, 5.41) is 8.41. The summed E-state index contributed by atoms with van der Waals surface area (Å²) in [5.41, 5.74) is 0. The molecule has 0 aliphatic carbocycles. The van der Waals surface area contributed by atoms with E-state index in [-0.39, 0.29) is 15.7 Å². The number of hydrogen-bond acceptors (Lipinski definition) is 5. The van der Waals surface area contributed by atoms with Gasteiger partial charge in [-0.1, -0.05) is 11.6 Å². The van der Waals surface area contributed by atoms with Crippen LogP contribution in [0.3, 0.4) is 0 Å². The zero-order chi connectivity index (χ0) is 14.0. The van der Waals surface area contributed by atoms with Crippen LogP contribution >= 0.6 is 11.6 Å². The van der Waals surface area contributed by atoms with E-state index < -0.39 is 22.5 Å². The average Bonchev–Trinajstić information content (AvgIpc) is 2.35. The van der Waals surface area contributed by atoms with E-state index in [4.69, 9.17) is 26.2 Å².